The molecule has 1 amide bonds. The maximum absolute atomic E-state index is 13.5. The smallest absolute Gasteiger partial charge is 0.326 e. The first-order valence-electron chi connectivity index (χ1n) is 6.63. The summed E-state index contributed by atoms with van der Waals surface area (Å²) in [6.07, 6.45) is -0.0514. The molecule has 0 aromatic heterocycles. The number of nitrogens with one attached hydrogen (secondary N) is 1. The van der Waals surface area contributed by atoms with Crippen molar-refractivity contribution in [3.05, 3.63) is 65.2 Å². The van der Waals surface area contributed by atoms with Crippen molar-refractivity contribution < 1.29 is 28.6 Å². The standard InChI is InChI=1S/C16H13F2NO4/c17-10-3-6-12(13(18)8-10)15(21)19-14(16(22)23)7-9-1-4-11(20)5-2-9/h1-6,8,14,20H,7H2,(H,19,21)(H,22,23). The van der Waals surface area contributed by atoms with Crippen LogP contribution in [0.2, 0.25) is 0 Å². The molecule has 2 aromatic rings. The second kappa shape index (κ2) is 6.87. The van der Waals surface area contributed by atoms with E-state index in [-0.39, 0.29) is 12.2 Å². The van der Waals surface area contributed by atoms with Crippen LogP contribution in [-0.2, 0) is 11.2 Å². The molecule has 0 saturated carbocycles. The first kappa shape index (κ1) is 16.4. The van der Waals surface area contributed by atoms with Crippen molar-refractivity contribution in [2.75, 3.05) is 0 Å². The van der Waals surface area contributed by atoms with Crippen molar-refractivity contribution in [2.45, 2.75) is 12.5 Å². The number of amides is 1. The molecule has 0 spiro atoms. The van der Waals surface area contributed by atoms with Gasteiger partial charge in [0.05, 0.1) is 5.56 Å². The molecule has 0 aliphatic heterocycles. The number of carbonyl (C=O) groups is 2. The topological polar surface area (TPSA) is 86.6 Å². The van der Waals surface area contributed by atoms with Gasteiger partial charge in [-0.3, -0.25) is 4.79 Å². The van der Waals surface area contributed by atoms with Crippen molar-refractivity contribution >= 4 is 11.9 Å². The van der Waals surface area contributed by atoms with Gasteiger partial charge in [-0.2, -0.15) is 0 Å². The molecule has 0 fully saturated rings. The minimum atomic E-state index is -1.30. The van der Waals surface area contributed by atoms with E-state index in [0.717, 1.165) is 12.1 Å². The van der Waals surface area contributed by atoms with E-state index in [2.05, 4.69) is 5.32 Å². The van der Waals surface area contributed by atoms with Crippen molar-refractivity contribution in [1.82, 2.24) is 5.32 Å². The third-order valence-electron chi connectivity index (χ3n) is 3.16. The van der Waals surface area contributed by atoms with Crippen LogP contribution in [0.1, 0.15) is 15.9 Å². The lowest BCUT2D eigenvalue weighted by atomic mass is 10.1. The van der Waals surface area contributed by atoms with E-state index >= 15 is 0 Å². The maximum Gasteiger partial charge on any atom is 0.326 e. The molecule has 5 nitrogen and oxygen atoms in total. The highest BCUT2D eigenvalue weighted by Crippen LogP contribution is 2.13. The molecule has 2 aromatic carbocycles. The SMILES string of the molecule is O=C(NC(Cc1ccc(O)cc1)C(=O)O)c1ccc(F)cc1F. The van der Waals surface area contributed by atoms with Gasteiger partial charge in [-0.05, 0) is 29.8 Å². The van der Waals surface area contributed by atoms with E-state index in [0.29, 0.717) is 11.6 Å². The van der Waals surface area contributed by atoms with Crippen LogP contribution in [0.15, 0.2) is 42.5 Å². The summed E-state index contributed by atoms with van der Waals surface area (Å²) in [4.78, 5) is 23.2. The highest BCUT2D eigenvalue weighted by molar-refractivity contribution is 5.96. The van der Waals surface area contributed by atoms with Crippen molar-refractivity contribution in [3.8, 4) is 5.75 Å². The number of carbonyl (C=O) groups excluding carboxylic acids is 1. The van der Waals surface area contributed by atoms with Crippen LogP contribution < -0.4 is 5.32 Å². The van der Waals surface area contributed by atoms with Crippen molar-refractivity contribution in [1.29, 1.82) is 0 Å². The number of halogens is 2. The molecular formula is C16H13F2NO4. The van der Waals surface area contributed by atoms with Gasteiger partial charge in [0.15, 0.2) is 0 Å². The summed E-state index contributed by atoms with van der Waals surface area (Å²) in [5.74, 6) is -4.13. The van der Waals surface area contributed by atoms with Crippen LogP contribution in [0.4, 0.5) is 8.78 Å². The Hall–Kier alpha value is -2.96. The molecule has 0 saturated heterocycles. The van der Waals surface area contributed by atoms with Gasteiger partial charge in [-0.1, -0.05) is 12.1 Å². The van der Waals surface area contributed by atoms with Gasteiger partial charge in [-0.15, -0.1) is 0 Å². The van der Waals surface area contributed by atoms with Crippen LogP contribution in [0.5, 0.6) is 5.75 Å². The predicted octanol–water partition coefficient (Wildman–Crippen LogP) is 2.10. The van der Waals surface area contributed by atoms with Crippen LogP contribution >= 0.6 is 0 Å². The molecule has 0 heterocycles. The first-order chi connectivity index (χ1) is 10.9. The van der Waals surface area contributed by atoms with Gasteiger partial charge >= 0.3 is 5.97 Å². The molecule has 0 radical (unpaired) electrons. The molecule has 1 unspecified atom stereocenters. The summed E-state index contributed by atoms with van der Waals surface area (Å²) >= 11 is 0. The monoisotopic (exact) mass is 321 g/mol. The molecular weight excluding hydrogens is 308 g/mol. The Labute approximate surface area is 130 Å². The van der Waals surface area contributed by atoms with Crippen molar-refractivity contribution in [3.63, 3.8) is 0 Å². The summed E-state index contributed by atoms with van der Waals surface area (Å²) in [5.41, 5.74) is 0.124. The normalized spacial score (nSPS) is 11.7. The summed E-state index contributed by atoms with van der Waals surface area (Å²) in [5, 5.41) is 20.6. The summed E-state index contributed by atoms with van der Waals surface area (Å²) in [6, 6.07) is 6.89. The summed E-state index contributed by atoms with van der Waals surface area (Å²) < 4.78 is 26.4. The van der Waals surface area contributed by atoms with Gasteiger partial charge in [-0.25, -0.2) is 13.6 Å². The number of hydrogen-bond acceptors (Lipinski definition) is 3. The molecule has 23 heavy (non-hydrogen) atoms. The minimum Gasteiger partial charge on any atom is -0.508 e. The summed E-state index contributed by atoms with van der Waals surface area (Å²) in [6.45, 7) is 0. The van der Waals surface area contributed by atoms with Crippen LogP contribution in [-0.4, -0.2) is 28.1 Å². The molecule has 1 atom stereocenters. The second-order valence-electron chi connectivity index (χ2n) is 4.86. The number of aliphatic carboxylic acids is 1. The Bertz CT molecular complexity index is 731. The number of carboxylic acids is 1. The Morgan fingerprint density at radius 2 is 1.74 bits per heavy atom. The van der Waals surface area contributed by atoms with E-state index in [1.165, 1.54) is 24.3 Å². The fraction of sp³-hybridized carbons (Fsp3) is 0.125. The quantitative estimate of drug-likeness (QED) is 0.787. The number of phenolic OH excluding ortho intramolecular Hbond substituents is 1. The number of phenols is 1. The van der Waals surface area contributed by atoms with Gasteiger partial charge in [0.1, 0.15) is 23.4 Å². The highest BCUT2D eigenvalue weighted by Gasteiger charge is 2.22. The van der Waals surface area contributed by atoms with E-state index in [1.54, 1.807) is 0 Å². The van der Waals surface area contributed by atoms with E-state index in [9.17, 15) is 28.6 Å². The molecule has 7 heteroatoms. The Morgan fingerprint density at radius 3 is 2.30 bits per heavy atom. The largest absolute Gasteiger partial charge is 0.508 e. The average Bonchev–Trinajstić information content (AvgIpc) is 2.48. The third kappa shape index (κ3) is 4.26. The van der Waals surface area contributed by atoms with E-state index in [4.69, 9.17) is 0 Å². The number of hydrogen-bond donors (Lipinski definition) is 3. The van der Waals surface area contributed by atoms with E-state index in [1.807, 2.05) is 0 Å². The molecule has 120 valence electrons. The zero-order valence-corrected chi connectivity index (χ0v) is 11.8. The molecule has 0 aliphatic rings. The van der Waals surface area contributed by atoms with Gasteiger partial charge < -0.3 is 15.5 Å². The number of carboxylic acid groups (broad SMARTS) is 1. The lowest BCUT2D eigenvalue weighted by molar-refractivity contribution is -0.139. The highest BCUT2D eigenvalue weighted by atomic mass is 19.1. The second-order valence-corrected chi connectivity index (χ2v) is 4.86. The average molecular weight is 321 g/mol. The van der Waals surface area contributed by atoms with Crippen LogP contribution in [0.25, 0.3) is 0 Å². The van der Waals surface area contributed by atoms with Crippen molar-refractivity contribution in [2.24, 2.45) is 0 Å². The Morgan fingerprint density at radius 1 is 1.09 bits per heavy atom. The number of rotatable bonds is 5. The zero-order chi connectivity index (χ0) is 17.0. The van der Waals surface area contributed by atoms with Gasteiger partial charge in [0.25, 0.3) is 5.91 Å². The fourth-order valence-corrected chi connectivity index (χ4v) is 1.98. The van der Waals surface area contributed by atoms with Crippen LogP contribution in [0.3, 0.4) is 0 Å². The fourth-order valence-electron chi connectivity index (χ4n) is 1.98. The predicted molar refractivity (Wildman–Crippen MR) is 77.1 cm³/mol. The van der Waals surface area contributed by atoms with Gasteiger partial charge in [0.2, 0.25) is 0 Å². The molecule has 0 aliphatic carbocycles. The van der Waals surface area contributed by atoms with E-state index < -0.39 is 35.1 Å². The molecule has 2 rings (SSSR count). The minimum absolute atomic E-state index is 0.0260. The zero-order valence-electron chi connectivity index (χ0n) is 11.8. The number of aromatic hydroxyl groups is 1. The Kier molecular flexibility index (Phi) is 4.90. The molecule has 0 bridgehead atoms. The third-order valence-corrected chi connectivity index (χ3v) is 3.16. The maximum atomic E-state index is 13.5. The lowest BCUT2D eigenvalue weighted by Gasteiger charge is -2.15. The first-order valence-corrected chi connectivity index (χ1v) is 6.63. The lowest BCUT2D eigenvalue weighted by Crippen LogP contribution is -2.42. The van der Waals surface area contributed by atoms with Crippen LogP contribution in [0, 0.1) is 11.6 Å². The van der Waals surface area contributed by atoms with Gasteiger partial charge in [0, 0.05) is 12.5 Å². The Balaban J connectivity index is 2.14. The number of benzene rings is 2. The molecule has 3 N–H and O–H groups in total. The summed E-state index contributed by atoms with van der Waals surface area (Å²) in [7, 11) is 0.